The molecule has 2 unspecified atom stereocenters. The van der Waals surface area contributed by atoms with Crippen LogP contribution in [0, 0.1) is 0 Å². The molecular formula is C28H28O12. The number of aliphatic hydroxyl groups excluding tert-OH is 2. The van der Waals surface area contributed by atoms with Crippen molar-refractivity contribution in [3.8, 4) is 51.7 Å². The van der Waals surface area contributed by atoms with Gasteiger partial charge in [-0.1, -0.05) is 0 Å². The lowest BCUT2D eigenvalue weighted by atomic mass is 9.92. The smallest absolute Gasteiger partial charge is 0.204 e. The zero-order valence-electron chi connectivity index (χ0n) is 21.8. The van der Waals surface area contributed by atoms with E-state index in [1.54, 1.807) is 6.92 Å². The largest absolute Gasteiger partial charge is 0.508 e. The lowest BCUT2D eigenvalue weighted by Crippen LogP contribution is -2.37. The highest BCUT2D eigenvalue weighted by molar-refractivity contribution is 6.05. The van der Waals surface area contributed by atoms with Gasteiger partial charge in [0.15, 0.2) is 47.4 Å². The molecule has 3 aromatic carbocycles. The van der Waals surface area contributed by atoms with Crippen molar-refractivity contribution in [2.45, 2.75) is 31.3 Å². The van der Waals surface area contributed by atoms with E-state index in [0.717, 1.165) is 6.07 Å². The van der Waals surface area contributed by atoms with E-state index in [0.29, 0.717) is 5.56 Å². The van der Waals surface area contributed by atoms with Crippen LogP contribution in [0.25, 0.3) is 0 Å². The summed E-state index contributed by atoms with van der Waals surface area (Å²) in [5, 5.41) is 51.4. The second-order valence-corrected chi connectivity index (χ2v) is 9.12. The van der Waals surface area contributed by atoms with Gasteiger partial charge in [0.2, 0.25) is 17.3 Å². The van der Waals surface area contributed by atoms with Crippen molar-refractivity contribution in [3.63, 3.8) is 0 Å². The van der Waals surface area contributed by atoms with Crippen molar-refractivity contribution >= 4 is 5.78 Å². The molecule has 12 nitrogen and oxygen atoms in total. The molecule has 0 spiro atoms. The zero-order valence-corrected chi connectivity index (χ0v) is 21.8. The molecule has 5 rings (SSSR count). The molecule has 0 aliphatic carbocycles. The summed E-state index contributed by atoms with van der Waals surface area (Å²) in [6.45, 7) is 1.55. The van der Waals surface area contributed by atoms with Gasteiger partial charge in [0, 0.05) is 23.3 Å². The summed E-state index contributed by atoms with van der Waals surface area (Å²) in [6, 6.07) is 8.21. The Balaban J connectivity index is 1.59. The Hall–Kier alpha value is -4.55. The highest BCUT2D eigenvalue weighted by Gasteiger charge is 2.42. The fourth-order valence-electron chi connectivity index (χ4n) is 4.81. The molecule has 2 heterocycles. The minimum atomic E-state index is -1.70. The normalized spacial score (nSPS) is 21.3. The van der Waals surface area contributed by atoms with Gasteiger partial charge in [0.25, 0.3) is 0 Å². The van der Waals surface area contributed by atoms with Crippen molar-refractivity contribution in [2.75, 3.05) is 27.4 Å². The van der Waals surface area contributed by atoms with Crippen LogP contribution in [0.4, 0.5) is 0 Å². The second-order valence-electron chi connectivity index (χ2n) is 9.12. The molecule has 0 bridgehead atoms. The number of carbonyl (C=O) groups excluding carboxylic acids is 1. The first-order chi connectivity index (χ1) is 19.2. The van der Waals surface area contributed by atoms with Gasteiger partial charge in [-0.2, -0.15) is 0 Å². The van der Waals surface area contributed by atoms with Crippen LogP contribution >= 0.6 is 0 Å². The molecule has 0 amide bonds. The minimum Gasteiger partial charge on any atom is -0.508 e. The number of methoxy groups -OCH3 is 2. The van der Waals surface area contributed by atoms with E-state index in [-0.39, 0.29) is 63.7 Å². The number of Topliss-reactive ketones (excluding diaryl/α,β-unsaturated/α-hetero) is 1. The van der Waals surface area contributed by atoms with E-state index in [1.807, 2.05) is 0 Å². The molecule has 12 heteroatoms. The van der Waals surface area contributed by atoms with E-state index in [2.05, 4.69) is 0 Å². The standard InChI is InChI=1S/C28H28O12/c1-4-37-19-7-13(27-25(34)24(33)22-15(31)9-14(30)10-16(22)38-27)8-20-28(19)40-21(11-29)26(39-20)12-5-17(35-2)23(32)18(6-12)36-3/h5-10,21,25-27,29-32,34H,4,11H2,1-3H3/t21?,25-,26?,27+/m0/s1. The maximum atomic E-state index is 13.0. The number of aliphatic hydroxyl groups is 2. The third kappa shape index (κ3) is 4.50. The van der Waals surface area contributed by atoms with Gasteiger partial charge >= 0.3 is 0 Å². The van der Waals surface area contributed by atoms with Gasteiger partial charge in [-0.25, -0.2) is 0 Å². The van der Waals surface area contributed by atoms with Crippen molar-refractivity contribution in [1.82, 2.24) is 0 Å². The fraction of sp³-hybridized carbons (Fsp3) is 0.321. The molecule has 0 radical (unpaired) electrons. The monoisotopic (exact) mass is 556 g/mol. The molecular weight excluding hydrogens is 528 g/mol. The van der Waals surface area contributed by atoms with E-state index in [4.69, 9.17) is 28.4 Å². The Morgan fingerprint density at radius 1 is 0.825 bits per heavy atom. The summed E-state index contributed by atoms with van der Waals surface area (Å²) >= 11 is 0. The van der Waals surface area contributed by atoms with E-state index < -0.39 is 42.6 Å². The summed E-state index contributed by atoms with van der Waals surface area (Å²) in [5.74, 6) is -1.16. The Kier molecular flexibility index (Phi) is 7.13. The van der Waals surface area contributed by atoms with Crippen LogP contribution < -0.4 is 28.4 Å². The lowest BCUT2D eigenvalue weighted by Gasteiger charge is -2.36. The first-order valence-corrected chi connectivity index (χ1v) is 12.3. The van der Waals surface area contributed by atoms with Gasteiger partial charge in [0.05, 0.1) is 27.4 Å². The van der Waals surface area contributed by atoms with Crippen LogP contribution in [-0.2, 0) is 0 Å². The number of phenols is 3. The number of phenolic OH excluding ortho intramolecular Hbond substituents is 3. The molecule has 0 fully saturated rings. The van der Waals surface area contributed by atoms with Crippen LogP contribution in [0.2, 0.25) is 0 Å². The molecule has 4 atom stereocenters. The van der Waals surface area contributed by atoms with Crippen LogP contribution in [0.15, 0.2) is 36.4 Å². The van der Waals surface area contributed by atoms with Crippen LogP contribution in [0.3, 0.4) is 0 Å². The van der Waals surface area contributed by atoms with Gasteiger partial charge in [-0.05, 0) is 31.2 Å². The SMILES string of the molecule is CCOc1cc([C@H]2Oc3cc(O)cc(O)c3C(=O)[C@@H]2O)cc2c1OC(CO)C(c1cc(OC)c(O)c(OC)c1)O2. The maximum absolute atomic E-state index is 13.0. The number of carbonyl (C=O) groups is 1. The summed E-state index contributed by atoms with van der Waals surface area (Å²) in [5.41, 5.74) is 0.496. The zero-order chi connectivity index (χ0) is 28.7. The van der Waals surface area contributed by atoms with Crippen LogP contribution in [-0.4, -0.2) is 71.0 Å². The van der Waals surface area contributed by atoms with Crippen molar-refractivity contribution in [3.05, 3.63) is 53.1 Å². The van der Waals surface area contributed by atoms with Crippen molar-refractivity contribution in [1.29, 1.82) is 0 Å². The molecule has 0 saturated heterocycles. The number of fused-ring (bicyclic) bond motifs is 2. The summed E-state index contributed by atoms with van der Waals surface area (Å²) < 4.78 is 34.5. The Labute approximate surface area is 228 Å². The van der Waals surface area contributed by atoms with Crippen molar-refractivity contribution in [2.24, 2.45) is 0 Å². The number of ketones is 1. The molecule has 0 aromatic heterocycles. The molecule has 2 aliphatic heterocycles. The number of hydrogen-bond acceptors (Lipinski definition) is 12. The third-order valence-electron chi connectivity index (χ3n) is 6.66. The number of ether oxygens (including phenoxy) is 6. The predicted molar refractivity (Wildman–Crippen MR) is 137 cm³/mol. The number of rotatable bonds is 7. The molecule has 5 N–H and O–H groups in total. The Morgan fingerprint density at radius 2 is 1.45 bits per heavy atom. The van der Waals surface area contributed by atoms with Gasteiger partial charge < -0.3 is 54.0 Å². The molecule has 0 saturated carbocycles. The van der Waals surface area contributed by atoms with Gasteiger partial charge in [-0.15, -0.1) is 0 Å². The Morgan fingerprint density at radius 3 is 2.08 bits per heavy atom. The lowest BCUT2D eigenvalue weighted by molar-refractivity contribution is -0.0153. The van der Waals surface area contributed by atoms with Crippen LogP contribution in [0.5, 0.6) is 51.7 Å². The average Bonchev–Trinajstić information content (AvgIpc) is 2.94. The van der Waals surface area contributed by atoms with Gasteiger partial charge in [0.1, 0.15) is 22.8 Å². The minimum absolute atomic E-state index is 0.104. The highest BCUT2D eigenvalue weighted by atomic mass is 16.6. The predicted octanol–water partition coefficient (Wildman–Crippen LogP) is 2.77. The first-order valence-electron chi connectivity index (χ1n) is 12.3. The summed E-state index contributed by atoms with van der Waals surface area (Å²) in [6.07, 6.45) is -4.75. The number of aromatic hydroxyl groups is 3. The maximum Gasteiger partial charge on any atom is 0.204 e. The third-order valence-corrected chi connectivity index (χ3v) is 6.66. The molecule has 40 heavy (non-hydrogen) atoms. The second kappa shape index (κ2) is 10.5. The molecule has 3 aromatic rings. The summed E-state index contributed by atoms with van der Waals surface area (Å²) in [7, 11) is 2.76. The quantitative estimate of drug-likeness (QED) is 0.288. The number of hydrogen-bond donors (Lipinski definition) is 5. The van der Waals surface area contributed by atoms with E-state index in [1.165, 1.54) is 44.6 Å². The highest BCUT2D eigenvalue weighted by Crippen LogP contribution is 2.50. The Bertz CT molecular complexity index is 1430. The van der Waals surface area contributed by atoms with E-state index >= 15 is 0 Å². The van der Waals surface area contributed by atoms with Gasteiger partial charge in [-0.3, -0.25) is 4.79 Å². The van der Waals surface area contributed by atoms with Crippen LogP contribution in [0.1, 0.15) is 40.6 Å². The summed E-state index contributed by atoms with van der Waals surface area (Å²) in [4.78, 5) is 13.0. The van der Waals surface area contributed by atoms with Crippen molar-refractivity contribution < 1.29 is 58.7 Å². The average molecular weight is 557 g/mol. The van der Waals surface area contributed by atoms with E-state index in [9.17, 15) is 30.3 Å². The molecule has 212 valence electrons. The number of benzene rings is 3. The first kappa shape index (κ1) is 27.0. The molecule has 2 aliphatic rings. The topological polar surface area (TPSA) is 174 Å². The fourth-order valence-corrected chi connectivity index (χ4v) is 4.81.